The minimum Gasteiger partial charge on any atom is -0.409 e. The van der Waals surface area contributed by atoms with E-state index in [1.165, 1.54) is 18.7 Å². The van der Waals surface area contributed by atoms with Crippen LogP contribution in [-0.2, 0) is 0 Å². The van der Waals surface area contributed by atoms with Crippen LogP contribution in [0.25, 0.3) is 0 Å². The first-order valence-electron chi connectivity index (χ1n) is 7.00. The van der Waals surface area contributed by atoms with Gasteiger partial charge in [-0.15, -0.1) is 0 Å². The molecule has 0 unspecified atom stereocenters. The fourth-order valence-electron chi connectivity index (χ4n) is 2.48. The molecule has 8 nitrogen and oxygen atoms in total. The van der Waals surface area contributed by atoms with Crippen LogP contribution in [0, 0.1) is 10.1 Å². The number of hydrogen-bond acceptors (Lipinski definition) is 6. The lowest BCUT2D eigenvalue weighted by Gasteiger charge is -2.25. The van der Waals surface area contributed by atoms with Crippen molar-refractivity contribution in [2.24, 2.45) is 10.9 Å². The van der Waals surface area contributed by atoms with E-state index in [9.17, 15) is 10.1 Å². The number of anilines is 1. The zero-order chi connectivity index (χ0) is 15.2. The quantitative estimate of drug-likeness (QED) is 0.289. The van der Waals surface area contributed by atoms with Crippen LogP contribution in [0.4, 0.5) is 11.5 Å². The van der Waals surface area contributed by atoms with E-state index in [-0.39, 0.29) is 17.1 Å². The van der Waals surface area contributed by atoms with Crippen molar-refractivity contribution in [3.05, 3.63) is 27.9 Å². The van der Waals surface area contributed by atoms with E-state index in [1.54, 1.807) is 0 Å². The molecule has 1 aromatic rings. The summed E-state index contributed by atoms with van der Waals surface area (Å²) in [5.74, 6) is 0.168. The van der Waals surface area contributed by atoms with Crippen LogP contribution < -0.4 is 10.6 Å². The van der Waals surface area contributed by atoms with Crippen LogP contribution in [0.15, 0.2) is 17.4 Å². The second-order valence-corrected chi connectivity index (χ2v) is 5.06. The molecule has 8 heteroatoms. The summed E-state index contributed by atoms with van der Waals surface area (Å²) in [7, 11) is 0. The minimum atomic E-state index is -0.477. The maximum atomic E-state index is 11.3. The third-order valence-electron chi connectivity index (χ3n) is 3.60. The smallest absolute Gasteiger partial charge is 0.312 e. The van der Waals surface area contributed by atoms with E-state index in [0.29, 0.717) is 5.82 Å². The number of pyridine rings is 1. The summed E-state index contributed by atoms with van der Waals surface area (Å²) >= 11 is 0. The highest BCUT2D eigenvalue weighted by molar-refractivity contribution is 5.97. The normalized spacial score (nSPS) is 17.1. The number of nitrogens with zero attached hydrogens (tertiary/aromatic N) is 4. The zero-order valence-electron chi connectivity index (χ0n) is 11.7. The van der Waals surface area contributed by atoms with E-state index >= 15 is 0 Å². The van der Waals surface area contributed by atoms with Crippen molar-refractivity contribution in [2.75, 3.05) is 18.0 Å². The van der Waals surface area contributed by atoms with Crippen molar-refractivity contribution in [1.82, 2.24) is 4.98 Å². The van der Waals surface area contributed by atoms with Crippen molar-refractivity contribution >= 4 is 17.3 Å². The summed E-state index contributed by atoms with van der Waals surface area (Å²) in [5.41, 5.74) is 5.59. The van der Waals surface area contributed by atoms with Gasteiger partial charge >= 0.3 is 5.69 Å². The maximum absolute atomic E-state index is 11.3. The Balaban J connectivity index is 2.35. The Kier molecular flexibility index (Phi) is 4.91. The van der Waals surface area contributed by atoms with Crippen LogP contribution in [0.5, 0.6) is 0 Å². The van der Waals surface area contributed by atoms with Crippen molar-refractivity contribution in [1.29, 1.82) is 0 Å². The molecule has 0 atom stereocenters. The van der Waals surface area contributed by atoms with E-state index in [1.807, 2.05) is 4.90 Å². The third-order valence-corrected chi connectivity index (χ3v) is 3.60. The lowest BCUT2D eigenvalue weighted by atomic mass is 10.1. The lowest BCUT2D eigenvalue weighted by molar-refractivity contribution is -0.384. The molecule has 0 bridgehead atoms. The molecule has 1 aliphatic rings. The van der Waals surface area contributed by atoms with Gasteiger partial charge in [-0.05, 0) is 12.8 Å². The highest BCUT2D eigenvalue weighted by Gasteiger charge is 2.23. The SMILES string of the molecule is NC(=NO)c1cnc(N2CCCCCCC2)c([N+](=O)[O-])c1. The summed E-state index contributed by atoms with van der Waals surface area (Å²) in [6, 6.07) is 1.30. The predicted molar refractivity (Wildman–Crippen MR) is 78.7 cm³/mol. The molecule has 0 radical (unpaired) electrons. The Hall–Kier alpha value is -2.38. The molecule has 0 spiro atoms. The molecule has 1 aromatic heterocycles. The van der Waals surface area contributed by atoms with Crippen molar-refractivity contribution in [3.63, 3.8) is 0 Å². The minimum absolute atomic E-state index is 0.111. The third kappa shape index (κ3) is 3.59. The van der Waals surface area contributed by atoms with Gasteiger partial charge in [0.2, 0.25) is 5.82 Å². The number of oxime groups is 1. The predicted octanol–water partition coefficient (Wildman–Crippen LogP) is 1.85. The molecule has 2 rings (SSSR count). The molecular formula is C13H19N5O3. The topological polar surface area (TPSA) is 118 Å². The van der Waals surface area contributed by atoms with Gasteiger partial charge in [0, 0.05) is 30.9 Å². The number of nitrogens with two attached hydrogens (primary N) is 1. The molecule has 2 heterocycles. The number of nitro groups is 1. The molecule has 1 aliphatic heterocycles. The molecule has 0 aliphatic carbocycles. The fraction of sp³-hybridized carbons (Fsp3) is 0.538. The molecule has 0 amide bonds. The van der Waals surface area contributed by atoms with Crippen LogP contribution >= 0.6 is 0 Å². The van der Waals surface area contributed by atoms with Crippen LogP contribution in [-0.4, -0.2) is 34.0 Å². The Morgan fingerprint density at radius 3 is 2.52 bits per heavy atom. The Bertz CT molecular complexity index is 539. The highest BCUT2D eigenvalue weighted by atomic mass is 16.6. The Morgan fingerprint density at radius 1 is 1.33 bits per heavy atom. The van der Waals surface area contributed by atoms with E-state index in [2.05, 4.69) is 10.1 Å². The van der Waals surface area contributed by atoms with Crippen molar-refractivity contribution in [3.8, 4) is 0 Å². The van der Waals surface area contributed by atoms with E-state index in [0.717, 1.165) is 38.8 Å². The van der Waals surface area contributed by atoms with Crippen LogP contribution in [0.1, 0.15) is 37.7 Å². The molecule has 0 saturated carbocycles. The van der Waals surface area contributed by atoms with Gasteiger partial charge < -0.3 is 15.8 Å². The molecular weight excluding hydrogens is 274 g/mol. The lowest BCUT2D eigenvalue weighted by Crippen LogP contribution is -2.29. The van der Waals surface area contributed by atoms with Crippen molar-refractivity contribution in [2.45, 2.75) is 32.1 Å². The van der Waals surface area contributed by atoms with Gasteiger partial charge in [-0.1, -0.05) is 24.4 Å². The second-order valence-electron chi connectivity index (χ2n) is 5.06. The Morgan fingerprint density at radius 2 is 1.95 bits per heavy atom. The molecule has 114 valence electrons. The van der Waals surface area contributed by atoms with E-state index < -0.39 is 4.92 Å². The number of aromatic nitrogens is 1. The summed E-state index contributed by atoms with van der Waals surface area (Å²) in [6.45, 7) is 1.52. The fourth-order valence-corrected chi connectivity index (χ4v) is 2.48. The summed E-state index contributed by atoms with van der Waals surface area (Å²) in [6.07, 6.45) is 6.88. The first kappa shape index (κ1) is 15.0. The monoisotopic (exact) mass is 293 g/mol. The molecule has 0 aromatic carbocycles. The second kappa shape index (κ2) is 6.87. The van der Waals surface area contributed by atoms with Gasteiger partial charge in [0.25, 0.3) is 0 Å². The molecule has 3 N–H and O–H groups in total. The average molecular weight is 293 g/mol. The largest absolute Gasteiger partial charge is 0.409 e. The summed E-state index contributed by atoms with van der Waals surface area (Å²) < 4.78 is 0. The maximum Gasteiger partial charge on any atom is 0.312 e. The van der Waals surface area contributed by atoms with E-state index in [4.69, 9.17) is 10.9 Å². The summed E-state index contributed by atoms with van der Waals surface area (Å²) in [5, 5.41) is 22.8. The average Bonchev–Trinajstić information content (AvgIpc) is 2.45. The van der Waals surface area contributed by atoms with Crippen LogP contribution in [0.2, 0.25) is 0 Å². The first-order chi connectivity index (χ1) is 10.1. The van der Waals surface area contributed by atoms with Gasteiger partial charge in [0.05, 0.1) is 4.92 Å². The molecule has 21 heavy (non-hydrogen) atoms. The van der Waals surface area contributed by atoms with Crippen LogP contribution in [0.3, 0.4) is 0 Å². The Labute approximate surface area is 122 Å². The first-order valence-corrected chi connectivity index (χ1v) is 7.00. The van der Waals surface area contributed by atoms with Gasteiger partial charge in [-0.2, -0.15) is 0 Å². The zero-order valence-corrected chi connectivity index (χ0v) is 11.7. The number of rotatable bonds is 3. The number of hydrogen-bond donors (Lipinski definition) is 2. The molecule has 1 saturated heterocycles. The standard InChI is InChI=1S/C13H19N5O3/c14-12(16-19)10-8-11(18(20)21)13(15-9-10)17-6-4-2-1-3-5-7-17/h8-9,19H,1-7H2,(H2,14,16). The van der Waals surface area contributed by atoms with Gasteiger partial charge in [0.15, 0.2) is 5.84 Å². The summed E-state index contributed by atoms with van der Waals surface area (Å²) in [4.78, 5) is 16.9. The van der Waals surface area contributed by atoms with Gasteiger partial charge in [-0.25, -0.2) is 4.98 Å². The van der Waals surface area contributed by atoms with Gasteiger partial charge in [0.1, 0.15) is 0 Å². The number of amidine groups is 1. The van der Waals surface area contributed by atoms with Crippen molar-refractivity contribution < 1.29 is 10.1 Å². The van der Waals surface area contributed by atoms with Gasteiger partial charge in [-0.3, -0.25) is 10.1 Å². The highest BCUT2D eigenvalue weighted by Crippen LogP contribution is 2.28. The molecule has 1 fully saturated rings.